The number of nitro groups is 1. The molecule has 1 heterocycles. The molecule has 7 nitrogen and oxygen atoms in total. The van der Waals surface area contributed by atoms with Crippen molar-refractivity contribution in [3.63, 3.8) is 0 Å². The van der Waals surface area contributed by atoms with Gasteiger partial charge in [0.15, 0.2) is 0 Å². The van der Waals surface area contributed by atoms with Gasteiger partial charge in [0.1, 0.15) is 0 Å². The predicted molar refractivity (Wildman–Crippen MR) is 92.8 cm³/mol. The fraction of sp³-hybridized carbons (Fsp3) is 0.0588. The second-order valence-corrected chi connectivity index (χ2v) is 5.65. The van der Waals surface area contributed by atoms with Crippen LogP contribution in [0.5, 0.6) is 0 Å². The molecule has 0 bridgehead atoms. The Hall–Kier alpha value is -3.19. The number of halogens is 1. The number of nitrogens with zero attached hydrogens (tertiary/aromatic N) is 3. The van der Waals surface area contributed by atoms with Crippen LogP contribution < -0.4 is 5.32 Å². The van der Waals surface area contributed by atoms with E-state index in [1.165, 1.54) is 18.2 Å². The fourth-order valence-electron chi connectivity index (χ4n) is 2.28. The van der Waals surface area contributed by atoms with E-state index in [1.807, 2.05) is 35.0 Å². The first-order chi connectivity index (χ1) is 12.0. The molecule has 0 radical (unpaired) electrons. The summed E-state index contributed by atoms with van der Waals surface area (Å²) in [5, 5.41) is 13.7. The van der Waals surface area contributed by atoms with Gasteiger partial charge in [-0.1, -0.05) is 23.7 Å². The zero-order chi connectivity index (χ0) is 17.8. The number of nitrogens with one attached hydrogen (secondary N) is 1. The summed E-state index contributed by atoms with van der Waals surface area (Å²) in [5.41, 5.74) is 1.73. The number of benzene rings is 2. The maximum Gasteiger partial charge on any atom is 0.270 e. The van der Waals surface area contributed by atoms with Crippen LogP contribution >= 0.6 is 11.6 Å². The lowest BCUT2D eigenvalue weighted by atomic mass is 10.1. The van der Waals surface area contributed by atoms with E-state index in [-0.39, 0.29) is 22.8 Å². The van der Waals surface area contributed by atoms with Gasteiger partial charge in [-0.15, -0.1) is 0 Å². The van der Waals surface area contributed by atoms with Crippen LogP contribution in [0, 0.1) is 10.1 Å². The average molecular weight is 357 g/mol. The molecule has 0 unspecified atom stereocenters. The molecule has 0 saturated heterocycles. The van der Waals surface area contributed by atoms with Crippen LogP contribution in [0.3, 0.4) is 0 Å². The molecule has 0 spiro atoms. The summed E-state index contributed by atoms with van der Waals surface area (Å²) in [6.07, 6.45) is 5.22. The number of amides is 1. The molecule has 8 heteroatoms. The maximum absolute atomic E-state index is 12.2. The molecule has 0 fully saturated rings. The molecular weight excluding hydrogens is 344 g/mol. The third kappa shape index (κ3) is 3.84. The summed E-state index contributed by atoms with van der Waals surface area (Å²) < 4.78 is 1.87. The van der Waals surface area contributed by atoms with E-state index in [9.17, 15) is 14.9 Å². The highest BCUT2D eigenvalue weighted by molar-refractivity contribution is 6.33. The minimum atomic E-state index is -0.568. The quantitative estimate of drug-likeness (QED) is 0.560. The molecule has 0 aliphatic heterocycles. The zero-order valence-electron chi connectivity index (χ0n) is 12.9. The molecular formula is C17H13ClN4O3. The Balaban J connectivity index is 1.68. The summed E-state index contributed by atoms with van der Waals surface area (Å²) in [5.74, 6) is -0.465. The topological polar surface area (TPSA) is 90.1 Å². The van der Waals surface area contributed by atoms with Crippen LogP contribution in [0.15, 0.2) is 61.2 Å². The average Bonchev–Trinajstić information content (AvgIpc) is 3.15. The van der Waals surface area contributed by atoms with Crippen molar-refractivity contribution >= 4 is 23.2 Å². The van der Waals surface area contributed by atoms with E-state index >= 15 is 0 Å². The van der Waals surface area contributed by atoms with Gasteiger partial charge >= 0.3 is 0 Å². The van der Waals surface area contributed by atoms with Crippen molar-refractivity contribution in [3.05, 3.63) is 87.4 Å². The molecule has 3 rings (SSSR count). The smallest absolute Gasteiger partial charge is 0.270 e. The van der Waals surface area contributed by atoms with Crippen LogP contribution in [-0.2, 0) is 6.54 Å². The van der Waals surface area contributed by atoms with Crippen LogP contribution in [0.4, 0.5) is 5.69 Å². The summed E-state index contributed by atoms with van der Waals surface area (Å²) in [4.78, 5) is 26.5. The van der Waals surface area contributed by atoms with Gasteiger partial charge in [0.05, 0.1) is 21.8 Å². The lowest BCUT2D eigenvalue weighted by molar-refractivity contribution is -0.384. The lowest BCUT2D eigenvalue weighted by Crippen LogP contribution is -2.23. The Morgan fingerprint density at radius 3 is 2.64 bits per heavy atom. The van der Waals surface area contributed by atoms with Gasteiger partial charge in [-0.05, 0) is 23.8 Å². The van der Waals surface area contributed by atoms with Crippen molar-refractivity contribution in [2.45, 2.75) is 6.54 Å². The third-order valence-electron chi connectivity index (χ3n) is 3.60. The SMILES string of the molecule is O=C(NCc1ccc(-n2ccnc2)cc1)c1cc([N+](=O)[O-])ccc1Cl. The predicted octanol–water partition coefficient (Wildman–Crippen LogP) is 3.36. The van der Waals surface area contributed by atoms with E-state index in [1.54, 1.807) is 12.5 Å². The number of carbonyl (C=O) groups excluding carboxylic acids is 1. The van der Waals surface area contributed by atoms with Crippen molar-refractivity contribution in [2.75, 3.05) is 0 Å². The Morgan fingerprint density at radius 1 is 1.24 bits per heavy atom. The number of hydrogen-bond acceptors (Lipinski definition) is 4. The van der Waals surface area contributed by atoms with E-state index in [0.29, 0.717) is 0 Å². The number of hydrogen-bond donors (Lipinski definition) is 1. The second-order valence-electron chi connectivity index (χ2n) is 5.24. The molecule has 2 aromatic carbocycles. The van der Waals surface area contributed by atoms with Crippen LogP contribution in [0.25, 0.3) is 5.69 Å². The molecule has 25 heavy (non-hydrogen) atoms. The molecule has 0 aliphatic rings. The van der Waals surface area contributed by atoms with Crippen molar-refractivity contribution < 1.29 is 9.72 Å². The molecule has 1 N–H and O–H groups in total. The number of nitro benzene ring substituents is 1. The van der Waals surface area contributed by atoms with Gasteiger partial charge in [0.25, 0.3) is 11.6 Å². The number of imidazole rings is 1. The van der Waals surface area contributed by atoms with Gasteiger partial charge in [-0.3, -0.25) is 14.9 Å². The Kier molecular flexibility index (Phi) is 4.76. The van der Waals surface area contributed by atoms with Gasteiger partial charge in [0, 0.05) is 36.8 Å². The third-order valence-corrected chi connectivity index (χ3v) is 3.93. The van der Waals surface area contributed by atoms with Gasteiger partial charge in [0.2, 0.25) is 0 Å². The van der Waals surface area contributed by atoms with Gasteiger partial charge in [-0.25, -0.2) is 4.98 Å². The Morgan fingerprint density at radius 2 is 2.00 bits per heavy atom. The van der Waals surface area contributed by atoms with Crippen molar-refractivity contribution in [2.24, 2.45) is 0 Å². The lowest BCUT2D eigenvalue weighted by Gasteiger charge is -2.08. The standard InChI is InChI=1S/C17H13ClN4O3/c18-16-6-5-14(22(24)25)9-15(16)17(23)20-10-12-1-3-13(4-2-12)21-8-7-19-11-21/h1-9,11H,10H2,(H,20,23). The van der Waals surface area contributed by atoms with Crippen molar-refractivity contribution in [3.8, 4) is 5.69 Å². The summed E-state index contributed by atoms with van der Waals surface area (Å²) in [7, 11) is 0. The van der Waals surface area contributed by atoms with E-state index in [4.69, 9.17) is 11.6 Å². The van der Waals surface area contributed by atoms with Crippen molar-refractivity contribution in [1.29, 1.82) is 0 Å². The molecule has 0 aliphatic carbocycles. The normalized spacial score (nSPS) is 10.4. The molecule has 1 amide bonds. The first kappa shape index (κ1) is 16.7. The van der Waals surface area contributed by atoms with Gasteiger partial charge < -0.3 is 9.88 Å². The first-order valence-electron chi connectivity index (χ1n) is 7.34. The van der Waals surface area contributed by atoms with E-state index in [0.717, 1.165) is 11.3 Å². The highest BCUT2D eigenvalue weighted by atomic mass is 35.5. The number of rotatable bonds is 5. The van der Waals surface area contributed by atoms with Gasteiger partial charge in [-0.2, -0.15) is 0 Å². The summed E-state index contributed by atoms with van der Waals surface area (Å²) in [6.45, 7) is 0.280. The Labute approximate surface area is 148 Å². The van der Waals surface area contributed by atoms with E-state index in [2.05, 4.69) is 10.3 Å². The first-order valence-corrected chi connectivity index (χ1v) is 7.72. The maximum atomic E-state index is 12.2. The fourth-order valence-corrected chi connectivity index (χ4v) is 2.48. The zero-order valence-corrected chi connectivity index (χ0v) is 13.7. The van der Waals surface area contributed by atoms with Crippen molar-refractivity contribution in [1.82, 2.24) is 14.9 Å². The van der Waals surface area contributed by atoms with Crippen LogP contribution in [-0.4, -0.2) is 20.4 Å². The molecule has 0 saturated carbocycles. The number of non-ortho nitro benzene ring substituents is 1. The molecule has 0 atom stereocenters. The van der Waals surface area contributed by atoms with Crippen LogP contribution in [0.2, 0.25) is 5.02 Å². The largest absolute Gasteiger partial charge is 0.348 e. The van der Waals surface area contributed by atoms with E-state index < -0.39 is 10.8 Å². The number of aromatic nitrogens is 2. The molecule has 1 aromatic heterocycles. The minimum Gasteiger partial charge on any atom is -0.348 e. The molecule has 3 aromatic rings. The number of carbonyl (C=O) groups is 1. The Bertz CT molecular complexity index is 908. The second kappa shape index (κ2) is 7.14. The van der Waals surface area contributed by atoms with Crippen LogP contribution in [0.1, 0.15) is 15.9 Å². The monoisotopic (exact) mass is 356 g/mol. The summed E-state index contributed by atoms with van der Waals surface area (Å²) >= 11 is 5.96. The molecule has 126 valence electrons. The summed E-state index contributed by atoms with van der Waals surface area (Å²) in [6, 6.07) is 11.3. The minimum absolute atomic E-state index is 0.0749. The highest BCUT2D eigenvalue weighted by Gasteiger charge is 2.15. The highest BCUT2D eigenvalue weighted by Crippen LogP contribution is 2.22.